The molecule has 4 nitrogen and oxygen atoms in total. The SMILES string of the molecule is COC(=O)N1CCC(CC(C)S)C(N)C1Cc1cccc(-c2ccccc2)c1. The van der Waals surface area contributed by atoms with Gasteiger partial charge in [0.2, 0.25) is 0 Å². The Hall–Kier alpha value is -1.98. The van der Waals surface area contributed by atoms with Crippen molar-refractivity contribution >= 4 is 18.7 Å². The summed E-state index contributed by atoms with van der Waals surface area (Å²) in [6, 6.07) is 18.6. The summed E-state index contributed by atoms with van der Waals surface area (Å²) in [4.78, 5) is 14.2. The lowest BCUT2D eigenvalue weighted by Crippen LogP contribution is -2.59. The number of thiol groups is 1. The van der Waals surface area contributed by atoms with Gasteiger partial charge in [-0.3, -0.25) is 0 Å². The van der Waals surface area contributed by atoms with E-state index >= 15 is 0 Å². The van der Waals surface area contributed by atoms with Gasteiger partial charge in [0.25, 0.3) is 0 Å². The number of methoxy groups -OCH3 is 1. The predicted molar refractivity (Wildman–Crippen MR) is 118 cm³/mol. The van der Waals surface area contributed by atoms with Crippen LogP contribution in [0.5, 0.6) is 0 Å². The molecule has 1 fully saturated rings. The van der Waals surface area contributed by atoms with Crippen molar-refractivity contribution in [3.63, 3.8) is 0 Å². The van der Waals surface area contributed by atoms with Gasteiger partial charge in [-0.1, -0.05) is 61.5 Å². The first-order chi connectivity index (χ1) is 13.5. The molecule has 1 saturated heterocycles. The van der Waals surface area contributed by atoms with Crippen LogP contribution in [0.1, 0.15) is 25.3 Å². The largest absolute Gasteiger partial charge is 0.453 e. The zero-order valence-electron chi connectivity index (χ0n) is 16.6. The third-order valence-electron chi connectivity index (χ3n) is 5.66. The molecule has 0 spiro atoms. The highest BCUT2D eigenvalue weighted by Crippen LogP contribution is 2.30. The molecule has 28 heavy (non-hydrogen) atoms. The molecular formula is C23H30N2O2S. The van der Waals surface area contributed by atoms with Crippen LogP contribution in [0.3, 0.4) is 0 Å². The minimum absolute atomic E-state index is 0.0793. The van der Waals surface area contributed by atoms with E-state index in [9.17, 15) is 4.79 Å². The van der Waals surface area contributed by atoms with Gasteiger partial charge in [-0.25, -0.2) is 4.79 Å². The highest BCUT2D eigenvalue weighted by atomic mass is 32.1. The Balaban J connectivity index is 1.84. The number of rotatable bonds is 5. The average molecular weight is 399 g/mol. The topological polar surface area (TPSA) is 55.6 Å². The van der Waals surface area contributed by atoms with Gasteiger partial charge >= 0.3 is 6.09 Å². The number of piperidine rings is 1. The molecule has 1 aliphatic heterocycles. The fraction of sp³-hybridized carbons (Fsp3) is 0.435. The minimum atomic E-state index is -0.294. The third-order valence-corrected chi connectivity index (χ3v) is 5.87. The van der Waals surface area contributed by atoms with E-state index < -0.39 is 0 Å². The second-order valence-corrected chi connectivity index (χ2v) is 8.59. The molecule has 3 rings (SSSR count). The summed E-state index contributed by atoms with van der Waals surface area (Å²) in [7, 11) is 1.43. The van der Waals surface area contributed by atoms with Gasteiger partial charge in [0.15, 0.2) is 0 Å². The quantitative estimate of drug-likeness (QED) is 0.735. The summed E-state index contributed by atoms with van der Waals surface area (Å²) in [5, 5.41) is 0.294. The molecule has 150 valence electrons. The van der Waals surface area contributed by atoms with Crippen molar-refractivity contribution in [2.75, 3.05) is 13.7 Å². The van der Waals surface area contributed by atoms with Crippen LogP contribution < -0.4 is 5.73 Å². The molecule has 0 bridgehead atoms. The first-order valence-corrected chi connectivity index (χ1v) is 10.4. The highest BCUT2D eigenvalue weighted by Gasteiger charge is 2.38. The zero-order chi connectivity index (χ0) is 20.1. The van der Waals surface area contributed by atoms with E-state index in [4.69, 9.17) is 10.5 Å². The molecule has 1 amide bonds. The molecule has 0 saturated carbocycles. The Labute approximate surface area is 173 Å². The molecule has 1 heterocycles. The maximum atomic E-state index is 12.4. The Morgan fingerprint density at radius 3 is 2.61 bits per heavy atom. The average Bonchev–Trinajstić information content (AvgIpc) is 2.71. The van der Waals surface area contributed by atoms with Crippen LogP contribution in [-0.2, 0) is 11.2 Å². The van der Waals surface area contributed by atoms with Crippen LogP contribution in [0.15, 0.2) is 54.6 Å². The summed E-state index contributed by atoms with van der Waals surface area (Å²) < 4.78 is 5.03. The van der Waals surface area contributed by atoms with Crippen LogP contribution in [0, 0.1) is 5.92 Å². The van der Waals surface area contributed by atoms with Gasteiger partial charge in [-0.2, -0.15) is 12.6 Å². The second kappa shape index (κ2) is 9.48. The van der Waals surface area contributed by atoms with E-state index in [1.54, 1.807) is 4.90 Å². The Kier molecular flexibility index (Phi) is 7.03. The van der Waals surface area contributed by atoms with E-state index in [1.165, 1.54) is 23.8 Å². The molecule has 0 aliphatic carbocycles. The molecule has 4 unspecified atom stereocenters. The van der Waals surface area contributed by atoms with Crippen LogP contribution in [0.25, 0.3) is 11.1 Å². The maximum Gasteiger partial charge on any atom is 0.409 e. The van der Waals surface area contributed by atoms with Gasteiger partial charge in [-0.15, -0.1) is 0 Å². The normalized spacial score (nSPS) is 23.3. The minimum Gasteiger partial charge on any atom is -0.453 e. The molecule has 2 N–H and O–H groups in total. The van der Waals surface area contributed by atoms with Gasteiger partial charge < -0.3 is 15.4 Å². The van der Waals surface area contributed by atoms with Crippen molar-refractivity contribution in [2.45, 2.75) is 43.5 Å². The second-order valence-electron chi connectivity index (χ2n) is 7.71. The van der Waals surface area contributed by atoms with Crippen molar-refractivity contribution in [2.24, 2.45) is 11.7 Å². The van der Waals surface area contributed by atoms with Crippen molar-refractivity contribution in [3.05, 3.63) is 60.2 Å². The number of hydrogen-bond acceptors (Lipinski definition) is 4. The lowest BCUT2D eigenvalue weighted by Gasteiger charge is -2.44. The van der Waals surface area contributed by atoms with Crippen LogP contribution >= 0.6 is 12.6 Å². The number of likely N-dealkylation sites (tertiary alicyclic amines) is 1. The maximum absolute atomic E-state index is 12.4. The predicted octanol–water partition coefficient (Wildman–Crippen LogP) is 4.39. The number of amides is 1. The number of carbonyl (C=O) groups excluding carboxylic acids is 1. The van der Waals surface area contributed by atoms with Crippen molar-refractivity contribution in [1.29, 1.82) is 0 Å². The number of hydrogen-bond donors (Lipinski definition) is 2. The molecule has 5 heteroatoms. The van der Waals surface area contributed by atoms with Crippen LogP contribution in [-0.4, -0.2) is 42.0 Å². The summed E-state index contributed by atoms with van der Waals surface area (Å²) >= 11 is 4.55. The number of nitrogens with two attached hydrogens (primary N) is 1. The standard InChI is InChI=1S/C23H30N2O2S/c1-16(28)13-20-11-12-25(23(26)27-2)21(22(20)24)15-17-7-6-10-19(14-17)18-8-4-3-5-9-18/h3-10,14,16,20-22,28H,11-13,15,24H2,1-2H3. The van der Waals surface area contributed by atoms with Gasteiger partial charge in [-0.05, 0) is 47.1 Å². The van der Waals surface area contributed by atoms with Crippen LogP contribution in [0.4, 0.5) is 4.79 Å². The van der Waals surface area contributed by atoms with E-state index in [1.807, 2.05) is 18.2 Å². The van der Waals surface area contributed by atoms with E-state index in [-0.39, 0.29) is 18.2 Å². The van der Waals surface area contributed by atoms with Crippen molar-refractivity contribution in [1.82, 2.24) is 4.90 Å². The van der Waals surface area contributed by atoms with Gasteiger partial charge in [0.1, 0.15) is 0 Å². The zero-order valence-corrected chi connectivity index (χ0v) is 17.5. The smallest absolute Gasteiger partial charge is 0.409 e. The molecular weight excluding hydrogens is 368 g/mol. The van der Waals surface area contributed by atoms with Crippen molar-refractivity contribution < 1.29 is 9.53 Å². The molecule has 2 aromatic carbocycles. The fourth-order valence-electron chi connectivity index (χ4n) is 4.24. The van der Waals surface area contributed by atoms with E-state index in [0.29, 0.717) is 24.1 Å². The first-order valence-electron chi connectivity index (χ1n) is 9.92. The summed E-state index contributed by atoms with van der Waals surface area (Å²) in [6.45, 7) is 2.77. The van der Waals surface area contributed by atoms with Gasteiger partial charge in [0, 0.05) is 12.6 Å². The number of carbonyl (C=O) groups is 1. The first kappa shape index (κ1) is 20.7. The Morgan fingerprint density at radius 2 is 1.93 bits per heavy atom. The lowest BCUT2D eigenvalue weighted by molar-refractivity contribution is 0.0623. The van der Waals surface area contributed by atoms with Crippen molar-refractivity contribution in [3.8, 4) is 11.1 Å². The molecule has 4 atom stereocenters. The lowest BCUT2D eigenvalue weighted by atomic mass is 9.80. The fourth-order valence-corrected chi connectivity index (χ4v) is 4.51. The monoisotopic (exact) mass is 398 g/mol. The molecule has 0 radical (unpaired) electrons. The summed E-state index contributed by atoms with van der Waals surface area (Å²) in [5.41, 5.74) is 10.2. The number of nitrogens with zero attached hydrogens (tertiary/aromatic N) is 1. The van der Waals surface area contributed by atoms with E-state index in [0.717, 1.165) is 12.8 Å². The number of ether oxygens (including phenoxy) is 1. The molecule has 0 aromatic heterocycles. The Morgan fingerprint density at radius 1 is 1.21 bits per heavy atom. The number of benzene rings is 2. The molecule has 2 aromatic rings. The summed E-state index contributed by atoms with van der Waals surface area (Å²) in [6.07, 6.45) is 2.27. The molecule has 1 aliphatic rings. The third kappa shape index (κ3) is 4.89. The Bertz CT molecular complexity index is 781. The van der Waals surface area contributed by atoms with E-state index in [2.05, 4.69) is 56.0 Å². The highest BCUT2D eigenvalue weighted by molar-refractivity contribution is 7.80. The summed E-state index contributed by atoms with van der Waals surface area (Å²) in [5.74, 6) is 0.357. The van der Waals surface area contributed by atoms with Crippen LogP contribution in [0.2, 0.25) is 0 Å². The van der Waals surface area contributed by atoms with Gasteiger partial charge in [0.05, 0.1) is 13.2 Å².